The van der Waals surface area contributed by atoms with Crippen molar-refractivity contribution >= 4 is 5.78 Å². The number of hydrogen-bond donors (Lipinski definition) is 0. The third kappa shape index (κ3) is 2.64. The summed E-state index contributed by atoms with van der Waals surface area (Å²) in [7, 11) is 1.65. The fourth-order valence-corrected chi connectivity index (χ4v) is 2.37. The van der Waals surface area contributed by atoms with Crippen LogP contribution in [0.1, 0.15) is 22.8 Å². The Bertz CT molecular complexity index is 642. The van der Waals surface area contributed by atoms with E-state index in [0.29, 0.717) is 0 Å². The van der Waals surface area contributed by atoms with Crippen molar-refractivity contribution in [2.45, 2.75) is 13.3 Å². The number of methoxy groups -OCH3 is 1. The molecule has 0 aliphatic heterocycles. The highest BCUT2D eigenvalue weighted by molar-refractivity contribution is 6.06. The first kappa shape index (κ1) is 14.1. The van der Waals surface area contributed by atoms with Gasteiger partial charge in [-0.05, 0) is 41.3 Å². The molecule has 2 heteroatoms. The molecule has 0 N–H and O–H groups in total. The highest BCUT2D eigenvalue weighted by atomic mass is 16.5. The average Bonchev–Trinajstić information content (AvgIpc) is 2.53. The van der Waals surface area contributed by atoms with Crippen molar-refractivity contribution in [2.24, 2.45) is 0 Å². The minimum Gasteiger partial charge on any atom is -0.497 e. The predicted octanol–water partition coefficient (Wildman–Crippen LogP) is 4.29. The Morgan fingerprint density at radius 3 is 2.65 bits per heavy atom. The highest BCUT2D eigenvalue weighted by Crippen LogP contribution is 2.29. The molecule has 0 saturated carbocycles. The Labute approximate surface area is 119 Å². The molecule has 0 saturated heterocycles. The number of ketones is 1. The summed E-state index contributed by atoms with van der Waals surface area (Å²) >= 11 is 0. The third-order valence-corrected chi connectivity index (χ3v) is 3.36. The highest BCUT2D eigenvalue weighted by Gasteiger charge is 2.12. The molecule has 2 aromatic rings. The minimum absolute atomic E-state index is 0.0356. The van der Waals surface area contributed by atoms with Gasteiger partial charge in [0, 0.05) is 5.56 Å². The molecule has 0 heterocycles. The van der Waals surface area contributed by atoms with Gasteiger partial charge in [0.1, 0.15) is 5.75 Å². The predicted molar refractivity (Wildman–Crippen MR) is 82.3 cm³/mol. The van der Waals surface area contributed by atoms with Crippen molar-refractivity contribution in [3.05, 3.63) is 66.2 Å². The molecule has 0 unspecified atom stereocenters. The molecule has 0 spiro atoms. The first-order valence-electron chi connectivity index (χ1n) is 6.64. The standard InChI is InChI=1S/C18H18O2/c1-4-15-16(10-7-11-17(15)18(19)5-2)13-8-6-9-14(12-13)20-3/h5-12H,2,4H2,1,3H3. The fraction of sp³-hybridized carbons (Fsp3) is 0.167. The van der Waals surface area contributed by atoms with Crippen molar-refractivity contribution in [1.82, 2.24) is 0 Å². The maximum absolute atomic E-state index is 12.0. The van der Waals surface area contributed by atoms with E-state index in [0.717, 1.165) is 34.4 Å². The number of allylic oxidation sites excluding steroid dienone is 1. The molecule has 0 amide bonds. The van der Waals surface area contributed by atoms with Crippen LogP contribution < -0.4 is 4.74 Å². The first-order valence-corrected chi connectivity index (χ1v) is 6.64. The second-order valence-electron chi connectivity index (χ2n) is 4.49. The number of benzene rings is 2. The first-order chi connectivity index (χ1) is 9.71. The Kier molecular flexibility index (Phi) is 4.36. The summed E-state index contributed by atoms with van der Waals surface area (Å²) in [6, 6.07) is 13.7. The van der Waals surface area contributed by atoms with E-state index in [4.69, 9.17) is 4.74 Å². The van der Waals surface area contributed by atoms with E-state index in [1.807, 2.05) is 42.5 Å². The van der Waals surface area contributed by atoms with Crippen LogP contribution in [0.15, 0.2) is 55.1 Å². The number of rotatable bonds is 5. The summed E-state index contributed by atoms with van der Waals surface area (Å²) in [6.07, 6.45) is 2.16. The number of hydrogen-bond acceptors (Lipinski definition) is 2. The Balaban J connectivity index is 2.61. The number of carbonyl (C=O) groups excluding carboxylic acids is 1. The van der Waals surface area contributed by atoms with Crippen molar-refractivity contribution < 1.29 is 9.53 Å². The Morgan fingerprint density at radius 2 is 2.00 bits per heavy atom. The lowest BCUT2D eigenvalue weighted by molar-refractivity contribution is 0.104. The maximum atomic E-state index is 12.0. The molecule has 2 nitrogen and oxygen atoms in total. The van der Waals surface area contributed by atoms with Crippen molar-refractivity contribution in [3.63, 3.8) is 0 Å². The van der Waals surface area contributed by atoms with Crippen LogP contribution in [0.2, 0.25) is 0 Å². The molecular formula is C18H18O2. The van der Waals surface area contributed by atoms with Gasteiger partial charge in [-0.1, -0.05) is 43.8 Å². The summed E-state index contributed by atoms with van der Waals surface area (Å²) < 4.78 is 5.27. The molecule has 0 bridgehead atoms. The monoisotopic (exact) mass is 266 g/mol. The maximum Gasteiger partial charge on any atom is 0.185 e. The topological polar surface area (TPSA) is 26.3 Å². The van der Waals surface area contributed by atoms with Crippen molar-refractivity contribution in [3.8, 4) is 16.9 Å². The van der Waals surface area contributed by atoms with Gasteiger partial charge in [-0.15, -0.1) is 0 Å². The zero-order valence-electron chi connectivity index (χ0n) is 11.8. The van der Waals surface area contributed by atoms with Crippen LogP contribution in [0, 0.1) is 0 Å². The largest absolute Gasteiger partial charge is 0.497 e. The molecule has 0 fully saturated rings. The van der Waals surface area contributed by atoms with Gasteiger partial charge in [0.2, 0.25) is 0 Å². The SMILES string of the molecule is C=CC(=O)c1cccc(-c2cccc(OC)c2)c1CC. The summed E-state index contributed by atoms with van der Waals surface area (Å²) in [6.45, 7) is 5.63. The van der Waals surface area contributed by atoms with Gasteiger partial charge < -0.3 is 4.74 Å². The van der Waals surface area contributed by atoms with Gasteiger partial charge in [0.15, 0.2) is 5.78 Å². The quantitative estimate of drug-likeness (QED) is 0.596. The summed E-state index contributed by atoms with van der Waals surface area (Å²) in [4.78, 5) is 12.0. The van der Waals surface area contributed by atoms with Crippen molar-refractivity contribution in [1.29, 1.82) is 0 Å². The van der Waals surface area contributed by atoms with Gasteiger partial charge in [-0.25, -0.2) is 0 Å². The third-order valence-electron chi connectivity index (χ3n) is 3.36. The van der Waals surface area contributed by atoms with Crippen LogP contribution in [0.25, 0.3) is 11.1 Å². The lowest BCUT2D eigenvalue weighted by Crippen LogP contribution is -2.02. The van der Waals surface area contributed by atoms with E-state index in [1.54, 1.807) is 7.11 Å². The molecule has 0 aromatic heterocycles. The van der Waals surface area contributed by atoms with Crippen LogP contribution in [0.3, 0.4) is 0 Å². The normalized spacial score (nSPS) is 10.1. The zero-order chi connectivity index (χ0) is 14.5. The van der Waals surface area contributed by atoms with Gasteiger partial charge in [0.05, 0.1) is 7.11 Å². The molecule has 102 valence electrons. The second-order valence-corrected chi connectivity index (χ2v) is 4.49. The van der Waals surface area contributed by atoms with E-state index in [1.165, 1.54) is 6.08 Å². The molecule has 2 rings (SSSR count). The molecular weight excluding hydrogens is 248 g/mol. The van der Waals surface area contributed by atoms with E-state index in [9.17, 15) is 4.79 Å². The van der Waals surface area contributed by atoms with E-state index >= 15 is 0 Å². The van der Waals surface area contributed by atoms with Crippen LogP contribution in [0.4, 0.5) is 0 Å². The summed E-state index contributed by atoms with van der Waals surface area (Å²) in [5, 5.41) is 0. The Morgan fingerprint density at radius 1 is 1.25 bits per heavy atom. The molecule has 2 aromatic carbocycles. The smallest absolute Gasteiger partial charge is 0.185 e. The van der Waals surface area contributed by atoms with E-state index in [2.05, 4.69) is 13.5 Å². The molecule has 0 aliphatic rings. The molecule has 0 atom stereocenters. The van der Waals surface area contributed by atoms with Gasteiger partial charge >= 0.3 is 0 Å². The Hall–Kier alpha value is -2.35. The van der Waals surface area contributed by atoms with Gasteiger partial charge in [-0.2, -0.15) is 0 Å². The lowest BCUT2D eigenvalue weighted by atomic mass is 9.92. The minimum atomic E-state index is -0.0356. The average molecular weight is 266 g/mol. The van der Waals surface area contributed by atoms with Crippen molar-refractivity contribution in [2.75, 3.05) is 7.11 Å². The fourth-order valence-electron chi connectivity index (χ4n) is 2.37. The molecule has 0 aliphatic carbocycles. The second kappa shape index (κ2) is 6.20. The lowest BCUT2D eigenvalue weighted by Gasteiger charge is -2.13. The van der Waals surface area contributed by atoms with Gasteiger partial charge in [0.25, 0.3) is 0 Å². The van der Waals surface area contributed by atoms with Crippen LogP contribution in [-0.2, 0) is 6.42 Å². The van der Waals surface area contributed by atoms with Crippen LogP contribution >= 0.6 is 0 Å². The summed E-state index contributed by atoms with van der Waals surface area (Å²) in [5.41, 5.74) is 3.90. The zero-order valence-corrected chi connectivity index (χ0v) is 11.8. The van der Waals surface area contributed by atoms with Gasteiger partial charge in [-0.3, -0.25) is 4.79 Å². The number of ether oxygens (including phenoxy) is 1. The van der Waals surface area contributed by atoms with E-state index in [-0.39, 0.29) is 5.78 Å². The summed E-state index contributed by atoms with van der Waals surface area (Å²) in [5.74, 6) is 0.775. The molecule has 20 heavy (non-hydrogen) atoms. The number of carbonyl (C=O) groups is 1. The van der Waals surface area contributed by atoms with Crippen LogP contribution in [-0.4, -0.2) is 12.9 Å². The van der Waals surface area contributed by atoms with Crippen LogP contribution in [0.5, 0.6) is 5.75 Å². The molecule has 0 radical (unpaired) electrons. The van der Waals surface area contributed by atoms with E-state index < -0.39 is 0 Å².